The van der Waals surface area contributed by atoms with Gasteiger partial charge in [-0.15, -0.1) is 0 Å². The summed E-state index contributed by atoms with van der Waals surface area (Å²) >= 11 is 0. The van der Waals surface area contributed by atoms with Crippen molar-refractivity contribution in [1.29, 1.82) is 0 Å². The third kappa shape index (κ3) is 1.35. The maximum atomic E-state index is 6.04. The van der Waals surface area contributed by atoms with Crippen LogP contribution in [0, 0.1) is 0 Å². The molecule has 0 amide bonds. The summed E-state index contributed by atoms with van der Waals surface area (Å²) in [5.74, 6) is 1.16. The van der Waals surface area contributed by atoms with Crippen LogP contribution in [-0.4, -0.2) is 5.54 Å². The van der Waals surface area contributed by atoms with Crippen molar-refractivity contribution in [3.05, 3.63) is 42.3 Å². The third-order valence-electron chi connectivity index (χ3n) is 6.19. The highest BCUT2D eigenvalue weighted by atomic mass is 16.7. The van der Waals surface area contributed by atoms with E-state index in [2.05, 4.69) is 67.8 Å². The lowest BCUT2D eigenvalue weighted by molar-refractivity contribution is -0.561. The molecule has 0 radical (unpaired) electrons. The van der Waals surface area contributed by atoms with E-state index < -0.39 is 0 Å². The van der Waals surface area contributed by atoms with E-state index >= 15 is 0 Å². The molecule has 2 aromatic rings. The number of hydrogen-bond acceptors (Lipinski definition) is 2. The second-order valence-corrected chi connectivity index (χ2v) is 6.81. The lowest BCUT2D eigenvalue weighted by Gasteiger charge is -2.50. The van der Waals surface area contributed by atoms with Crippen molar-refractivity contribution >= 4 is 22.8 Å². The molecule has 3 nitrogen and oxygen atoms in total. The Labute approximate surface area is 131 Å². The van der Waals surface area contributed by atoms with Crippen molar-refractivity contribution in [1.82, 2.24) is 0 Å². The Kier molecular flexibility index (Phi) is 2.63. The molecule has 0 saturated carbocycles. The van der Waals surface area contributed by atoms with E-state index in [4.69, 9.17) is 4.84 Å². The Balaban J connectivity index is 2.20. The number of hydroxylamine groups is 1. The molecule has 0 aliphatic carbocycles. The molecular weight excluding hydrogens is 272 g/mol. The monoisotopic (exact) mass is 295 g/mol. The third-order valence-corrected chi connectivity index (χ3v) is 6.19. The standard InChI is InChI=1S/C19H23N2O/c1-5-18(3)15-9-7-8-14-10-11-20-12-13-22-21(17(20)16(14)15)19(18,4)6-2/h7-13H,5-6H2,1-4H3/q+1. The van der Waals surface area contributed by atoms with E-state index in [1.54, 1.807) is 6.26 Å². The molecule has 0 fully saturated rings. The molecule has 3 heteroatoms. The summed E-state index contributed by atoms with van der Waals surface area (Å²) in [6.07, 6.45) is 8.01. The largest absolute Gasteiger partial charge is 0.329 e. The van der Waals surface area contributed by atoms with E-state index in [1.165, 1.54) is 16.3 Å². The fourth-order valence-corrected chi connectivity index (χ4v) is 4.28. The van der Waals surface area contributed by atoms with Crippen molar-refractivity contribution in [3.63, 3.8) is 0 Å². The van der Waals surface area contributed by atoms with Gasteiger partial charge in [0, 0.05) is 5.41 Å². The molecule has 3 heterocycles. The van der Waals surface area contributed by atoms with Gasteiger partial charge in [-0.05, 0) is 36.8 Å². The zero-order valence-corrected chi connectivity index (χ0v) is 13.8. The van der Waals surface area contributed by atoms with Gasteiger partial charge in [-0.25, -0.2) is 0 Å². The van der Waals surface area contributed by atoms with Crippen LogP contribution < -0.4 is 9.63 Å². The van der Waals surface area contributed by atoms with E-state index in [-0.39, 0.29) is 11.0 Å². The van der Waals surface area contributed by atoms with Crippen LogP contribution >= 0.6 is 0 Å². The van der Waals surface area contributed by atoms with Gasteiger partial charge in [0.05, 0.1) is 11.6 Å². The molecule has 2 aliphatic rings. The Morgan fingerprint density at radius 2 is 1.95 bits per heavy atom. The Morgan fingerprint density at radius 1 is 1.14 bits per heavy atom. The number of hydrogen-bond donors (Lipinski definition) is 0. The summed E-state index contributed by atoms with van der Waals surface area (Å²) in [5, 5.41) is 4.75. The topological polar surface area (TPSA) is 16.4 Å². The van der Waals surface area contributed by atoms with Crippen LogP contribution in [0.1, 0.15) is 46.1 Å². The summed E-state index contributed by atoms with van der Waals surface area (Å²) in [6, 6.07) is 8.88. The number of aromatic nitrogens is 1. The SMILES string of the molecule is CCC1(C)c2cccc3cc[n+]4c(c23)N(OC=C4)C1(C)CC. The van der Waals surface area contributed by atoms with E-state index in [0.29, 0.717) is 0 Å². The number of rotatable bonds is 2. The van der Waals surface area contributed by atoms with Gasteiger partial charge < -0.3 is 4.84 Å². The summed E-state index contributed by atoms with van der Waals surface area (Å²) < 4.78 is 2.18. The highest BCUT2D eigenvalue weighted by Crippen LogP contribution is 2.53. The first kappa shape index (κ1) is 13.6. The molecule has 0 bridgehead atoms. The zero-order chi connectivity index (χ0) is 15.5. The number of benzene rings is 1. The Hall–Kier alpha value is -2.03. The van der Waals surface area contributed by atoms with Gasteiger partial charge in [-0.3, -0.25) is 0 Å². The summed E-state index contributed by atoms with van der Waals surface area (Å²) in [6.45, 7) is 9.25. The van der Waals surface area contributed by atoms with E-state index in [0.717, 1.165) is 18.7 Å². The molecule has 0 spiro atoms. The first-order chi connectivity index (χ1) is 10.6. The molecule has 2 unspecified atom stereocenters. The molecule has 1 aromatic carbocycles. The number of pyridine rings is 1. The van der Waals surface area contributed by atoms with Crippen LogP contribution in [0.15, 0.2) is 36.7 Å². The predicted octanol–water partition coefficient (Wildman–Crippen LogP) is 4.16. The first-order valence-corrected chi connectivity index (χ1v) is 8.18. The number of anilines is 1. The van der Waals surface area contributed by atoms with Crippen LogP contribution in [-0.2, 0) is 10.3 Å². The average Bonchev–Trinajstić information content (AvgIpc) is 2.58. The summed E-state index contributed by atoms with van der Waals surface area (Å²) in [4.78, 5) is 6.04. The quantitative estimate of drug-likeness (QED) is 0.774. The molecule has 2 atom stereocenters. The summed E-state index contributed by atoms with van der Waals surface area (Å²) in [7, 11) is 0. The minimum atomic E-state index is -0.0864. The normalized spacial score (nSPS) is 28.8. The van der Waals surface area contributed by atoms with Gasteiger partial charge in [-0.1, -0.05) is 44.0 Å². The maximum absolute atomic E-state index is 6.04. The minimum Gasteiger partial charge on any atom is -0.305 e. The lowest BCUT2D eigenvalue weighted by Crippen LogP contribution is -2.64. The maximum Gasteiger partial charge on any atom is 0.329 e. The van der Waals surface area contributed by atoms with Crippen LogP contribution in [0.5, 0.6) is 0 Å². The summed E-state index contributed by atoms with van der Waals surface area (Å²) in [5.41, 5.74) is 1.39. The molecular formula is C19H23N2O+. The predicted molar refractivity (Wildman–Crippen MR) is 89.4 cm³/mol. The average molecular weight is 295 g/mol. The smallest absolute Gasteiger partial charge is 0.305 e. The van der Waals surface area contributed by atoms with Crippen molar-refractivity contribution in [2.24, 2.45) is 0 Å². The molecule has 22 heavy (non-hydrogen) atoms. The first-order valence-electron chi connectivity index (χ1n) is 8.18. The Bertz CT molecular complexity index is 797. The molecule has 1 aromatic heterocycles. The van der Waals surface area contributed by atoms with E-state index in [9.17, 15) is 0 Å². The van der Waals surface area contributed by atoms with Crippen molar-refractivity contribution in [2.75, 3.05) is 5.06 Å². The van der Waals surface area contributed by atoms with Crippen molar-refractivity contribution < 1.29 is 9.40 Å². The second-order valence-electron chi connectivity index (χ2n) is 6.81. The van der Waals surface area contributed by atoms with Gasteiger partial charge in [0.25, 0.3) is 0 Å². The fraction of sp³-hybridized carbons (Fsp3) is 0.421. The van der Waals surface area contributed by atoms with Crippen LogP contribution in [0.4, 0.5) is 5.82 Å². The number of nitrogens with zero attached hydrogens (tertiary/aromatic N) is 2. The highest BCUT2D eigenvalue weighted by molar-refractivity contribution is 5.96. The van der Waals surface area contributed by atoms with Crippen molar-refractivity contribution in [3.8, 4) is 0 Å². The van der Waals surface area contributed by atoms with E-state index in [1.807, 2.05) is 6.20 Å². The molecule has 114 valence electrons. The van der Waals surface area contributed by atoms with Gasteiger partial charge >= 0.3 is 5.82 Å². The molecule has 0 saturated heterocycles. The van der Waals surface area contributed by atoms with Gasteiger partial charge in [-0.2, -0.15) is 4.57 Å². The van der Waals surface area contributed by atoms with Gasteiger partial charge in [0.2, 0.25) is 0 Å². The van der Waals surface area contributed by atoms with Gasteiger partial charge in [0.15, 0.2) is 11.8 Å². The second kappa shape index (κ2) is 4.25. The van der Waals surface area contributed by atoms with Crippen LogP contribution in [0.3, 0.4) is 0 Å². The van der Waals surface area contributed by atoms with Crippen molar-refractivity contribution in [2.45, 2.75) is 51.5 Å². The van der Waals surface area contributed by atoms with Crippen LogP contribution in [0.2, 0.25) is 0 Å². The lowest BCUT2D eigenvalue weighted by atomic mass is 9.61. The molecule has 4 rings (SSSR count). The fourth-order valence-electron chi connectivity index (χ4n) is 4.28. The minimum absolute atomic E-state index is 0.0403. The highest BCUT2D eigenvalue weighted by Gasteiger charge is 2.59. The molecule has 0 N–H and O–H groups in total. The zero-order valence-electron chi connectivity index (χ0n) is 13.8. The Morgan fingerprint density at radius 3 is 2.68 bits per heavy atom. The molecule has 2 aliphatic heterocycles. The van der Waals surface area contributed by atoms with Gasteiger partial charge in [0.1, 0.15) is 6.20 Å². The van der Waals surface area contributed by atoms with Crippen LogP contribution in [0.25, 0.3) is 17.0 Å².